The Morgan fingerprint density at radius 3 is 2.28 bits per heavy atom. The third kappa shape index (κ3) is 2.37. The first-order valence-corrected chi connectivity index (χ1v) is 7.21. The first-order chi connectivity index (χ1) is 8.19. The highest BCUT2D eigenvalue weighted by atomic mass is 32.2. The van der Waals surface area contributed by atoms with Gasteiger partial charge in [-0.2, -0.15) is 4.57 Å². The number of aromatic nitrogens is 1. The molecule has 0 radical (unpaired) electrons. The lowest BCUT2D eigenvalue weighted by molar-refractivity contribution is -0.754. The van der Waals surface area contributed by atoms with Gasteiger partial charge in [0.1, 0.15) is 0 Å². The molecule has 0 unspecified atom stereocenters. The molecule has 96 valence electrons. The molecule has 0 bridgehead atoms. The van der Waals surface area contributed by atoms with Gasteiger partial charge in [-0.05, 0) is 6.07 Å². The molecule has 0 amide bonds. The predicted molar refractivity (Wildman–Crippen MR) is 70.5 cm³/mol. The number of benzene rings is 1. The number of nitrogens with zero attached hydrogens (tertiary/aromatic N) is 1. The van der Waals surface area contributed by atoms with Crippen LogP contribution in [0.4, 0.5) is 0 Å². The van der Waals surface area contributed by atoms with Crippen LogP contribution in [0.1, 0.15) is 20.8 Å². The largest absolute Gasteiger partial charge is 0.244 e. The summed E-state index contributed by atoms with van der Waals surface area (Å²) in [5.41, 5.74) is -0.205. The summed E-state index contributed by atoms with van der Waals surface area (Å²) in [7, 11) is -3.73. The molecule has 18 heavy (non-hydrogen) atoms. The minimum absolute atomic E-state index is 0.163. The fourth-order valence-electron chi connectivity index (χ4n) is 1.83. The fourth-order valence-corrected chi connectivity index (χ4v) is 2.58. The third-order valence-corrected chi connectivity index (χ3v) is 3.78. The Morgan fingerprint density at radius 1 is 1.11 bits per heavy atom. The highest BCUT2D eigenvalue weighted by molar-refractivity contribution is 7.89. The molecular formula is C13H17N2O2S+. The molecule has 0 aliphatic heterocycles. The number of hydrogen-bond donors (Lipinski definition) is 1. The number of nitrogens with two attached hydrogens (primary N) is 1. The Bertz CT molecular complexity index is 700. The Hall–Kier alpha value is -1.46. The van der Waals surface area contributed by atoms with Crippen molar-refractivity contribution in [1.82, 2.24) is 0 Å². The van der Waals surface area contributed by atoms with E-state index in [1.807, 2.05) is 43.7 Å². The van der Waals surface area contributed by atoms with Crippen molar-refractivity contribution in [1.29, 1.82) is 0 Å². The molecule has 2 rings (SSSR count). The van der Waals surface area contributed by atoms with E-state index in [-0.39, 0.29) is 10.4 Å². The van der Waals surface area contributed by atoms with E-state index in [2.05, 4.69) is 0 Å². The van der Waals surface area contributed by atoms with E-state index in [1.165, 1.54) is 0 Å². The molecule has 0 atom stereocenters. The maximum absolute atomic E-state index is 11.7. The number of fused-ring (bicyclic) bond motifs is 1. The summed E-state index contributed by atoms with van der Waals surface area (Å²) < 4.78 is 25.3. The van der Waals surface area contributed by atoms with Crippen LogP contribution < -0.4 is 9.71 Å². The summed E-state index contributed by atoms with van der Waals surface area (Å²) in [6.45, 7) is 6.03. The maximum Gasteiger partial charge on any atom is 0.244 e. The zero-order valence-electron chi connectivity index (χ0n) is 10.7. The number of hydrogen-bond acceptors (Lipinski definition) is 2. The highest BCUT2D eigenvalue weighted by Crippen LogP contribution is 2.21. The Balaban J connectivity index is 2.90. The van der Waals surface area contributed by atoms with Crippen molar-refractivity contribution >= 4 is 20.8 Å². The smallest absolute Gasteiger partial charge is 0.224 e. The number of sulfonamides is 1. The van der Waals surface area contributed by atoms with E-state index >= 15 is 0 Å². The van der Waals surface area contributed by atoms with Crippen LogP contribution in [0.15, 0.2) is 41.6 Å². The van der Waals surface area contributed by atoms with Crippen molar-refractivity contribution < 1.29 is 13.0 Å². The summed E-state index contributed by atoms with van der Waals surface area (Å²) in [6.07, 6.45) is 3.53. The predicted octanol–water partition coefficient (Wildman–Crippen LogP) is 1.53. The normalized spacial score (nSPS) is 12.9. The summed E-state index contributed by atoms with van der Waals surface area (Å²) in [6, 6.07) is 7.33. The summed E-state index contributed by atoms with van der Waals surface area (Å²) in [5.74, 6) is 0. The first kappa shape index (κ1) is 13.0. The van der Waals surface area contributed by atoms with Gasteiger partial charge in [-0.15, -0.1) is 0 Å². The lowest BCUT2D eigenvalue weighted by Crippen LogP contribution is -2.50. The van der Waals surface area contributed by atoms with Crippen molar-refractivity contribution in [3.63, 3.8) is 0 Å². The zero-order valence-corrected chi connectivity index (χ0v) is 11.5. The van der Waals surface area contributed by atoms with Crippen molar-refractivity contribution in [2.45, 2.75) is 31.2 Å². The Morgan fingerprint density at radius 2 is 1.72 bits per heavy atom. The zero-order chi connectivity index (χ0) is 13.6. The standard InChI is InChI=1S/C13H17N2O2S/c1-13(2,3)15-8-10-6-4-5-7-11(10)12(9-15)18(14,16)17/h4-9H,1-3H3,(H2,14,16,17)/q+1. The molecule has 0 fully saturated rings. The minimum atomic E-state index is -3.73. The van der Waals surface area contributed by atoms with E-state index in [4.69, 9.17) is 5.14 Å². The van der Waals surface area contributed by atoms with Crippen molar-refractivity contribution in [3.8, 4) is 0 Å². The molecule has 0 spiro atoms. The van der Waals surface area contributed by atoms with Gasteiger partial charge in [0.15, 0.2) is 22.8 Å². The van der Waals surface area contributed by atoms with Gasteiger partial charge in [-0.1, -0.05) is 18.2 Å². The number of primary sulfonamides is 1. The molecule has 1 aromatic heterocycles. The van der Waals surface area contributed by atoms with E-state index in [1.54, 1.807) is 18.3 Å². The van der Waals surface area contributed by atoms with Gasteiger partial charge < -0.3 is 0 Å². The van der Waals surface area contributed by atoms with Crippen LogP contribution in [-0.2, 0) is 15.6 Å². The molecule has 2 N–H and O–H groups in total. The SMILES string of the molecule is CC(C)(C)[n+]1cc(S(N)(=O)=O)c2ccccc2c1. The van der Waals surface area contributed by atoms with Crippen LogP contribution in [0.3, 0.4) is 0 Å². The second-order valence-corrected chi connectivity index (χ2v) is 6.86. The second-order valence-electron chi connectivity index (χ2n) is 5.33. The van der Waals surface area contributed by atoms with Crippen LogP contribution in [0.2, 0.25) is 0 Å². The maximum atomic E-state index is 11.7. The van der Waals surface area contributed by atoms with E-state index < -0.39 is 10.0 Å². The lowest BCUT2D eigenvalue weighted by atomic mass is 10.1. The van der Waals surface area contributed by atoms with Crippen LogP contribution in [0, 0.1) is 0 Å². The molecule has 0 saturated heterocycles. The van der Waals surface area contributed by atoms with Gasteiger partial charge in [0.05, 0.1) is 0 Å². The highest BCUT2D eigenvalue weighted by Gasteiger charge is 2.26. The average Bonchev–Trinajstić information content (AvgIpc) is 2.25. The molecule has 0 aliphatic carbocycles. The lowest BCUT2D eigenvalue weighted by Gasteiger charge is -2.14. The third-order valence-electron chi connectivity index (χ3n) is 2.84. The average molecular weight is 265 g/mol. The monoisotopic (exact) mass is 265 g/mol. The first-order valence-electron chi connectivity index (χ1n) is 5.67. The fraction of sp³-hybridized carbons (Fsp3) is 0.308. The van der Waals surface area contributed by atoms with Crippen molar-refractivity contribution in [3.05, 3.63) is 36.7 Å². The van der Waals surface area contributed by atoms with Crippen molar-refractivity contribution in [2.75, 3.05) is 0 Å². The molecule has 2 aromatic rings. The van der Waals surface area contributed by atoms with Gasteiger partial charge >= 0.3 is 0 Å². The molecule has 1 heterocycles. The van der Waals surface area contributed by atoms with Gasteiger partial charge in [0.25, 0.3) is 0 Å². The van der Waals surface area contributed by atoms with Crippen LogP contribution >= 0.6 is 0 Å². The van der Waals surface area contributed by atoms with Crippen LogP contribution in [0.5, 0.6) is 0 Å². The molecule has 5 heteroatoms. The molecule has 0 aliphatic rings. The second kappa shape index (κ2) is 4.03. The summed E-state index contributed by atoms with van der Waals surface area (Å²) in [4.78, 5) is 0.163. The van der Waals surface area contributed by atoms with Crippen LogP contribution in [0.25, 0.3) is 10.8 Å². The van der Waals surface area contributed by atoms with E-state index in [9.17, 15) is 8.42 Å². The Labute approximate surface area is 107 Å². The van der Waals surface area contributed by atoms with E-state index in [0.717, 1.165) is 5.39 Å². The van der Waals surface area contributed by atoms with E-state index in [0.29, 0.717) is 5.39 Å². The number of pyridine rings is 1. The topological polar surface area (TPSA) is 64.0 Å². The summed E-state index contributed by atoms with van der Waals surface area (Å²) in [5, 5.41) is 6.81. The quantitative estimate of drug-likeness (QED) is 0.795. The van der Waals surface area contributed by atoms with Crippen molar-refractivity contribution in [2.24, 2.45) is 5.14 Å². The molecule has 0 saturated carbocycles. The number of rotatable bonds is 1. The summed E-state index contributed by atoms with van der Waals surface area (Å²) >= 11 is 0. The van der Waals surface area contributed by atoms with Gasteiger partial charge in [0, 0.05) is 31.5 Å². The van der Waals surface area contributed by atoms with Gasteiger partial charge in [0.2, 0.25) is 10.0 Å². The molecular weight excluding hydrogens is 248 g/mol. The molecule has 4 nitrogen and oxygen atoms in total. The minimum Gasteiger partial charge on any atom is -0.224 e. The van der Waals surface area contributed by atoms with Gasteiger partial charge in [-0.3, -0.25) is 0 Å². The molecule has 1 aromatic carbocycles. The van der Waals surface area contributed by atoms with Crippen LogP contribution in [-0.4, -0.2) is 8.42 Å². The van der Waals surface area contributed by atoms with Gasteiger partial charge in [-0.25, -0.2) is 13.6 Å². The Kier molecular flexibility index (Phi) is 2.91.